The number of rotatable bonds is 4. The third-order valence-electron chi connectivity index (χ3n) is 4.87. The number of carbonyl (C=O) groups is 1. The lowest BCUT2D eigenvalue weighted by molar-refractivity contribution is -0.164. The molecule has 1 unspecified atom stereocenters. The standard InChI is InChI=1S/C15H24N4O3/c1-2-22-15(7-3-4-8-15)13(20)19-9-5-6-14(21,11-19)12-10-16-18-17-12/h10,21H,2-9,11H2,1H3,(H,16,17,18). The summed E-state index contributed by atoms with van der Waals surface area (Å²) in [6, 6.07) is 0. The van der Waals surface area contributed by atoms with Gasteiger partial charge in [0.15, 0.2) is 0 Å². The van der Waals surface area contributed by atoms with Gasteiger partial charge in [-0.2, -0.15) is 15.4 Å². The molecule has 22 heavy (non-hydrogen) atoms. The van der Waals surface area contributed by atoms with Crippen molar-refractivity contribution in [3.05, 3.63) is 11.9 Å². The van der Waals surface area contributed by atoms with Crippen molar-refractivity contribution in [3.8, 4) is 0 Å². The van der Waals surface area contributed by atoms with Gasteiger partial charge in [-0.05, 0) is 45.4 Å². The Bertz CT molecular complexity index is 513. The zero-order chi connectivity index (χ0) is 15.6. The van der Waals surface area contributed by atoms with E-state index in [4.69, 9.17) is 4.74 Å². The van der Waals surface area contributed by atoms with Crippen LogP contribution in [-0.4, -0.2) is 56.6 Å². The zero-order valence-corrected chi connectivity index (χ0v) is 13.0. The minimum atomic E-state index is -1.12. The van der Waals surface area contributed by atoms with Crippen molar-refractivity contribution in [2.45, 2.75) is 56.7 Å². The summed E-state index contributed by atoms with van der Waals surface area (Å²) in [5.74, 6) is 0.0217. The first kappa shape index (κ1) is 15.4. The molecule has 1 aromatic heterocycles. The van der Waals surface area contributed by atoms with E-state index in [1.807, 2.05) is 6.92 Å². The van der Waals surface area contributed by atoms with E-state index in [-0.39, 0.29) is 12.5 Å². The summed E-state index contributed by atoms with van der Waals surface area (Å²) in [4.78, 5) is 14.8. The SMILES string of the molecule is CCOC1(C(=O)N2CCCC(O)(c3cn[nH]n3)C2)CCCC1. The summed E-state index contributed by atoms with van der Waals surface area (Å²) in [7, 11) is 0. The molecular formula is C15H24N4O3. The van der Waals surface area contributed by atoms with Gasteiger partial charge in [0, 0.05) is 13.2 Å². The van der Waals surface area contributed by atoms with Crippen molar-refractivity contribution < 1.29 is 14.6 Å². The maximum Gasteiger partial charge on any atom is 0.254 e. The summed E-state index contributed by atoms with van der Waals surface area (Å²) in [6.45, 7) is 3.38. The number of piperidine rings is 1. The number of likely N-dealkylation sites (tertiary alicyclic amines) is 1. The van der Waals surface area contributed by atoms with Crippen LogP contribution < -0.4 is 0 Å². The molecule has 2 aliphatic rings. The summed E-state index contributed by atoms with van der Waals surface area (Å²) in [5, 5.41) is 21.2. The van der Waals surface area contributed by atoms with Gasteiger partial charge >= 0.3 is 0 Å². The Kier molecular flexibility index (Phi) is 4.18. The molecule has 0 spiro atoms. The van der Waals surface area contributed by atoms with E-state index in [0.717, 1.165) is 32.1 Å². The molecule has 2 N–H and O–H groups in total. The molecule has 1 aromatic rings. The lowest BCUT2D eigenvalue weighted by Gasteiger charge is -2.41. The highest BCUT2D eigenvalue weighted by Crippen LogP contribution is 2.37. The summed E-state index contributed by atoms with van der Waals surface area (Å²) < 4.78 is 5.86. The number of β-amino-alcohol motifs (C(OH)–C–C–N with tert-alkyl or cyclic N) is 1. The first-order chi connectivity index (χ1) is 10.6. The fourth-order valence-electron chi connectivity index (χ4n) is 3.77. The smallest absolute Gasteiger partial charge is 0.254 e. The van der Waals surface area contributed by atoms with E-state index in [2.05, 4.69) is 15.4 Å². The number of nitrogens with zero attached hydrogens (tertiary/aromatic N) is 3. The van der Waals surface area contributed by atoms with Gasteiger partial charge in [0.05, 0.1) is 12.7 Å². The molecular weight excluding hydrogens is 284 g/mol. The molecule has 1 aliphatic carbocycles. The second kappa shape index (κ2) is 5.96. The van der Waals surface area contributed by atoms with Gasteiger partial charge in [0.1, 0.15) is 16.9 Å². The molecule has 0 radical (unpaired) electrons. The first-order valence-electron chi connectivity index (χ1n) is 8.12. The molecule has 1 saturated carbocycles. The van der Waals surface area contributed by atoms with Gasteiger partial charge in [0.25, 0.3) is 5.91 Å². The quantitative estimate of drug-likeness (QED) is 0.864. The van der Waals surface area contributed by atoms with Crippen LogP contribution in [0.5, 0.6) is 0 Å². The van der Waals surface area contributed by atoms with E-state index in [1.54, 1.807) is 4.90 Å². The van der Waals surface area contributed by atoms with Crippen LogP contribution in [0.15, 0.2) is 6.20 Å². The number of hydrogen-bond acceptors (Lipinski definition) is 5. The predicted octanol–water partition coefficient (Wildman–Crippen LogP) is 0.964. The third-order valence-corrected chi connectivity index (χ3v) is 4.87. The molecule has 1 amide bonds. The molecule has 0 bridgehead atoms. The number of H-pyrrole nitrogens is 1. The Hall–Kier alpha value is -1.47. The molecule has 7 heteroatoms. The van der Waals surface area contributed by atoms with Crippen LogP contribution in [0.2, 0.25) is 0 Å². The molecule has 2 heterocycles. The van der Waals surface area contributed by atoms with Gasteiger partial charge in [0.2, 0.25) is 0 Å². The van der Waals surface area contributed by atoms with E-state index in [9.17, 15) is 9.90 Å². The average molecular weight is 308 g/mol. The Morgan fingerprint density at radius 2 is 2.18 bits per heavy atom. The number of carbonyl (C=O) groups excluding carboxylic acids is 1. The Morgan fingerprint density at radius 3 is 2.82 bits per heavy atom. The van der Waals surface area contributed by atoms with Crippen molar-refractivity contribution in [1.82, 2.24) is 20.3 Å². The van der Waals surface area contributed by atoms with Crippen LogP contribution in [-0.2, 0) is 15.1 Å². The van der Waals surface area contributed by atoms with Crippen LogP contribution in [0.4, 0.5) is 0 Å². The lowest BCUT2D eigenvalue weighted by Crippen LogP contribution is -2.56. The molecule has 1 aliphatic heterocycles. The van der Waals surface area contributed by atoms with Gasteiger partial charge in [-0.3, -0.25) is 4.79 Å². The number of aromatic amines is 1. The van der Waals surface area contributed by atoms with Crippen molar-refractivity contribution in [2.24, 2.45) is 0 Å². The number of aliphatic hydroxyl groups is 1. The predicted molar refractivity (Wildman–Crippen MR) is 78.9 cm³/mol. The van der Waals surface area contributed by atoms with Gasteiger partial charge in [-0.25, -0.2) is 0 Å². The van der Waals surface area contributed by atoms with E-state index >= 15 is 0 Å². The fourth-order valence-corrected chi connectivity index (χ4v) is 3.77. The number of amides is 1. The molecule has 7 nitrogen and oxygen atoms in total. The fraction of sp³-hybridized carbons (Fsp3) is 0.800. The molecule has 1 saturated heterocycles. The molecule has 3 rings (SSSR count). The van der Waals surface area contributed by atoms with Gasteiger partial charge in [-0.1, -0.05) is 0 Å². The Balaban J connectivity index is 1.78. The maximum atomic E-state index is 13.0. The van der Waals surface area contributed by atoms with Gasteiger partial charge < -0.3 is 14.7 Å². The van der Waals surface area contributed by atoms with Crippen molar-refractivity contribution in [1.29, 1.82) is 0 Å². The molecule has 122 valence electrons. The number of aromatic nitrogens is 3. The van der Waals surface area contributed by atoms with E-state index < -0.39 is 11.2 Å². The normalized spacial score (nSPS) is 28.0. The average Bonchev–Trinajstić information content (AvgIpc) is 3.19. The number of nitrogens with one attached hydrogen (secondary N) is 1. The first-order valence-corrected chi connectivity index (χ1v) is 8.12. The van der Waals surface area contributed by atoms with E-state index in [1.165, 1.54) is 6.20 Å². The Labute approximate surface area is 130 Å². The van der Waals surface area contributed by atoms with Gasteiger partial charge in [-0.15, -0.1) is 0 Å². The van der Waals surface area contributed by atoms with E-state index in [0.29, 0.717) is 25.3 Å². The number of ether oxygens (including phenoxy) is 1. The molecule has 0 aromatic carbocycles. The lowest BCUT2D eigenvalue weighted by atomic mass is 9.88. The minimum absolute atomic E-state index is 0.0217. The highest BCUT2D eigenvalue weighted by molar-refractivity contribution is 5.86. The van der Waals surface area contributed by atoms with Crippen molar-refractivity contribution >= 4 is 5.91 Å². The van der Waals surface area contributed by atoms with Crippen molar-refractivity contribution in [3.63, 3.8) is 0 Å². The van der Waals surface area contributed by atoms with Crippen molar-refractivity contribution in [2.75, 3.05) is 19.7 Å². The third kappa shape index (κ3) is 2.63. The van der Waals surface area contributed by atoms with Crippen LogP contribution in [0.3, 0.4) is 0 Å². The van der Waals surface area contributed by atoms with Crippen LogP contribution in [0, 0.1) is 0 Å². The number of hydrogen-bond donors (Lipinski definition) is 2. The second-order valence-electron chi connectivity index (χ2n) is 6.35. The van der Waals surface area contributed by atoms with Crippen LogP contribution in [0.1, 0.15) is 51.1 Å². The summed E-state index contributed by atoms with van der Waals surface area (Å²) in [5.41, 5.74) is -1.30. The highest BCUT2D eigenvalue weighted by Gasteiger charge is 2.47. The summed E-state index contributed by atoms with van der Waals surface area (Å²) >= 11 is 0. The molecule has 1 atom stereocenters. The Morgan fingerprint density at radius 1 is 1.41 bits per heavy atom. The highest BCUT2D eigenvalue weighted by atomic mass is 16.5. The van der Waals surface area contributed by atoms with Crippen LogP contribution >= 0.6 is 0 Å². The largest absolute Gasteiger partial charge is 0.382 e. The topological polar surface area (TPSA) is 91.3 Å². The summed E-state index contributed by atoms with van der Waals surface area (Å²) in [6.07, 6.45) is 6.46. The second-order valence-corrected chi connectivity index (χ2v) is 6.35. The zero-order valence-electron chi connectivity index (χ0n) is 13.0. The molecule has 2 fully saturated rings. The minimum Gasteiger partial charge on any atom is -0.382 e. The monoisotopic (exact) mass is 308 g/mol. The van der Waals surface area contributed by atoms with Crippen LogP contribution in [0.25, 0.3) is 0 Å². The maximum absolute atomic E-state index is 13.0.